The van der Waals surface area contributed by atoms with Gasteiger partial charge in [0.2, 0.25) is 0 Å². The Hall–Kier alpha value is -1.16. The van der Waals surface area contributed by atoms with Gasteiger partial charge >= 0.3 is 0 Å². The van der Waals surface area contributed by atoms with Crippen molar-refractivity contribution in [2.45, 2.75) is 12.8 Å². The molecular formula is C22H17Br3. The van der Waals surface area contributed by atoms with Gasteiger partial charge in [-0.25, -0.2) is 0 Å². The van der Waals surface area contributed by atoms with Crippen LogP contribution in [0.5, 0.6) is 0 Å². The Labute approximate surface area is 174 Å². The van der Waals surface area contributed by atoms with Crippen LogP contribution in [0.1, 0.15) is 16.7 Å². The highest BCUT2D eigenvalue weighted by atomic mass is 79.9. The van der Waals surface area contributed by atoms with Gasteiger partial charge in [-0.3, -0.25) is 0 Å². The topological polar surface area (TPSA) is 0 Å². The standard InChI is InChI=1S/C22H17Br3/c23-20-7-1-4-16(13-20)10-19(11-17-5-2-8-21(24)14-17)12-18-6-3-9-22(25)15-18/h1-10,13-15H,11-12H2. The van der Waals surface area contributed by atoms with Gasteiger partial charge in [0.1, 0.15) is 0 Å². The first-order chi connectivity index (χ1) is 12.1. The average Bonchev–Trinajstić information content (AvgIpc) is 2.55. The monoisotopic (exact) mass is 518 g/mol. The molecule has 3 rings (SSSR count). The number of benzene rings is 3. The normalized spacial score (nSPS) is 10.5. The Morgan fingerprint density at radius 1 is 0.640 bits per heavy atom. The number of rotatable bonds is 5. The largest absolute Gasteiger partial charge is 0.0609 e. The summed E-state index contributed by atoms with van der Waals surface area (Å²) in [7, 11) is 0. The van der Waals surface area contributed by atoms with Crippen LogP contribution in [0.15, 0.2) is 91.8 Å². The molecule has 126 valence electrons. The molecule has 0 heterocycles. The summed E-state index contributed by atoms with van der Waals surface area (Å²) in [6.07, 6.45) is 4.16. The van der Waals surface area contributed by atoms with Crippen LogP contribution in [0.3, 0.4) is 0 Å². The smallest absolute Gasteiger partial charge is 0.0181 e. The van der Waals surface area contributed by atoms with Gasteiger partial charge in [-0.15, -0.1) is 0 Å². The fraction of sp³-hybridized carbons (Fsp3) is 0.0909. The fourth-order valence-electron chi connectivity index (χ4n) is 2.81. The zero-order chi connectivity index (χ0) is 17.6. The highest BCUT2D eigenvalue weighted by Crippen LogP contribution is 2.22. The summed E-state index contributed by atoms with van der Waals surface area (Å²) in [6.45, 7) is 0. The van der Waals surface area contributed by atoms with Gasteiger partial charge in [-0.1, -0.05) is 95.8 Å². The van der Waals surface area contributed by atoms with Crippen LogP contribution in [0.4, 0.5) is 0 Å². The molecule has 0 amide bonds. The van der Waals surface area contributed by atoms with E-state index in [4.69, 9.17) is 0 Å². The summed E-state index contributed by atoms with van der Waals surface area (Å²) >= 11 is 10.7. The van der Waals surface area contributed by atoms with E-state index in [1.54, 1.807) is 0 Å². The minimum atomic E-state index is 0.929. The zero-order valence-corrected chi connectivity index (χ0v) is 18.3. The minimum Gasteiger partial charge on any atom is -0.0609 e. The third kappa shape index (κ3) is 5.95. The van der Waals surface area contributed by atoms with Crippen LogP contribution in [-0.2, 0) is 12.8 Å². The molecule has 0 unspecified atom stereocenters. The first-order valence-corrected chi connectivity index (χ1v) is 10.4. The first kappa shape index (κ1) is 18.6. The van der Waals surface area contributed by atoms with Crippen molar-refractivity contribution >= 4 is 53.9 Å². The molecule has 3 heteroatoms. The lowest BCUT2D eigenvalue weighted by Crippen LogP contribution is -1.96. The molecule has 0 spiro atoms. The molecule has 0 N–H and O–H groups in total. The van der Waals surface area contributed by atoms with E-state index < -0.39 is 0 Å². The Morgan fingerprint density at radius 3 is 1.60 bits per heavy atom. The van der Waals surface area contributed by atoms with Crippen molar-refractivity contribution < 1.29 is 0 Å². The van der Waals surface area contributed by atoms with E-state index in [2.05, 4.69) is 127 Å². The van der Waals surface area contributed by atoms with E-state index in [9.17, 15) is 0 Å². The van der Waals surface area contributed by atoms with Crippen molar-refractivity contribution in [2.24, 2.45) is 0 Å². The highest BCUT2D eigenvalue weighted by Gasteiger charge is 2.05. The van der Waals surface area contributed by atoms with Gasteiger partial charge in [-0.2, -0.15) is 0 Å². The lowest BCUT2D eigenvalue weighted by atomic mass is 9.96. The van der Waals surface area contributed by atoms with Crippen LogP contribution in [0.25, 0.3) is 6.08 Å². The van der Waals surface area contributed by atoms with Crippen molar-refractivity contribution in [3.63, 3.8) is 0 Å². The number of hydrogen-bond acceptors (Lipinski definition) is 0. The minimum absolute atomic E-state index is 0.929. The lowest BCUT2D eigenvalue weighted by Gasteiger charge is -2.10. The van der Waals surface area contributed by atoms with E-state index in [1.165, 1.54) is 22.3 Å². The molecular weight excluding hydrogens is 504 g/mol. The number of allylic oxidation sites excluding steroid dienone is 1. The maximum atomic E-state index is 3.57. The van der Waals surface area contributed by atoms with Gasteiger partial charge in [0, 0.05) is 13.4 Å². The van der Waals surface area contributed by atoms with Crippen molar-refractivity contribution in [1.29, 1.82) is 0 Å². The first-order valence-electron chi connectivity index (χ1n) is 8.02. The van der Waals surface area contributed by atoms with Gasteiger partial charge in [-0.05, 0) is 65.9 Å². The van der Waals surface area contributed by atoms with Crippen molar-refractivity contribution in [3.8, 4) is 0 Å². The summed E-state index contributed by atoms with van der Waals surface area (Å²) in [5.74, 6) is 0. The Morgan fingerprint density at radius 2 is 1.12 bits per heavy atom. The number of hydrogen-bond donors (Lipinski definition) is 0. The maximum absolute atomic E-state index is 3.57. The second kappa shape index (κ2) is 8.98. The molecule has 0 aliphatic rings. The van der Waals surface area contributed by atoms with E-state index in [-0.39, 0.29) is 0 Å². The van der Waals surface area contributed by atoms with Gasteiger partial charge in [0.25, 0.3) is 0 Å². The molecule has 0 saturated heterocycles. The Kier molecular flexibility index (Phi) is 6.69. The molecule has 3 aromatic carbocycles. The zero-order valence-electron chi connectivity index (χ0n) is 13.6. The van der Waals surface area contributed by atoms with Crippen LogP contribution in [0.2, 0.25) is 0 Å². The van der Waals surface area contributed by atoms with Gasteiger partial charge in [0.15, 0.2) is 0 Å². The quantitative estimate of drug-likeness (QED) is 0.321. The van der Waals surface area contributed by atoms with E-state index in [0.29, 0.717) is 0 Å². The summed E-state index contributed by atoms with van der Waals surface area (Å²) in [5, 5.41) is 0. The molecule has 0 nitrogen and oxygen atoms in total. The lowest BCUT2D eigenvalue weighted by molar-refractivity contribution is 1.04. The summed E-state index contributed by atoms with van der Waals surface area (Å²) < 4.78 is 3.34. The Balaban J connectivity index is 1.92. The van der Waals surface area contributed by atoms with Crippen LogP contribution >= 0.6 is 47.8 Å². The predicted molar refractivity (Wildman–Crippen MR) is 118 cm³/mol. The maximum Gasteiger partial charge on any atom is 0.0181 e. The van der Waals surface area contributed by atoms with Crippen molar-refractivity contribution in [3.05, 3.63) is 108 Å². The molecule has 0 atom stereocenters. The van der Waals surface area contributed by atoms with Gasteiger partial charge < -0.3 is 0 Å². The highest BCUT2D eigenvalue weighted by molar-refractivity contribution is 9.11. The molecule has 0 aromatic heterocycles. The SMILES string of the molecule is Brc1cccc(C=C(Cc2cccc(Br)c2)Cc2cccc(Br)c2)c1. The average molecular weight is 521 g/mol. The van der Waals surface area contributed by atoms with Crippen molar-refractivity contribution in [2.75, 3.05) is 0 Å². The van der Waals surface area contributed by atoms with Crippen LogP contribution in [0, 0.1) is 0 Å². The third-order valence-corrected chi connectivity index (χ3v) is 5.34. The molecule has 0 fully saturated rings. The molecule has 25 heavy (non-hydrogen) atoms. The second-order valence-electron chi connectivity index (χ2n) is 5.97. The molecule has 0 aliphatic heterocycles. The molecule has 0 bridgehead atoms. The third-order valence-electron chi connectivity index (χ3n) is 3.86. The van der Waals surface area contributed by atoms with E-state index >= 15 is 0 Å². The van der Waals surface area contributed by atoms with E-state index in [0.717, 1.165) is 26.3 Å². The van der Waals surface area contributed by atoms with Crippen molar-refractivity contribution in [1.82, 2.24) is 0 Å². The molecule has 0 radical (unpaired) electrons. The van der Waals surface area contributed by atoms with Crippen LogP contribution < -0.4 is 0 Å². The fourth-order valence-corrected chi connectivity index (χ4v) is 4.13. The summed E-state index contributed by atoms with van der Waals surface area (Å²) in [6, 6.07) is 25.5. The Bertz CT molecular complexity index is 848. The molecule has 3 aromatic rings. The molecule has 0 saturated carbocycles. The van der Waals surface area contributed by atoms with Crippen LogP contribution in [-0.4, -0.2) is 0 Å². The molecule has 0 aliphatic carbocycles. The van der Waals surface area contributed by atoms with Gasteiger partial charge in [0.05, 0.1) is 0 Å². The summed E-state index contributed by atoms with van der Waals surface area (Å²) in [5.41, 5.74) is 5.22. The number of halogens is 3. The second-order valence-corrected chi connectivity index (χ2v) is 8.72. The summed E-state index contributed by atoms with van der Waals surface area (Å²) in [4.78, 5) is 0. The predicted octanol–water partition coefficient (Wildman–Crippen LogP) is 7.84. The van der Waals surface area contributed by atoms with E-state index in [1.807, 2.05) is 0 Å².